The van der Waals surface area contributed by atoms with Gasteiger partial charge in [0.15, 0.2) is 0 Å². The molecule has 3 heterocycles. The zero-order chi connectivity index (χ0) is 38.7. The molecule has 290 valence electrons. The Morgan fingerprint density at radius 1 is 0.679 bits per heavy atom. The van der Waals surface area contributed by atoms with Crippen LogP contribution in [0.4, 0.5) is 4.79 Å². The molecule has 0 radical (unpaired) electrons. The van der Waals surface area contributed by atoms with Crippen molar-refractivity contribution in [3.8, 4) is 5.75 Å². The summed E-state index contributed by atoms with van der Waals surface area (Å²) in [7, 11) is 0. The number of pyridine rings is 2. The maximum absolute atomic E-state index is 12.9. The van der Waals surface area contributed by atoms with Crippen LogP contribution in [0.5, 0.6) is 5.75 Å². The number of aromatic nitrogens is 2. The molecule has 0 unspecified atom stereocenters. The Bertz CT molecular complexity index is 2080. The quantitative estimate of drug-likeness (QED) is 0.0745. The van der Waals surface area contributed by atoms with Gasteiger partial charge in [0, 0.05) is 35.5 Å². The standard InChI is InChI=1S/C46H49N3O7/c1-46(2,3)55-45(50)56-49-28-42(53-31-34-14-16-36-12-7-22-47-40(36)26-34)44(43(29-49)54-32-35-15-17-37-13-8-23-48-41(37)27-35)38-18-20-39(21-19-38)52-25-9-24-51-30-33-10-5-4-6-11-33/h4-8,10-23,26-27,42-44H,9,24-25,28-32H2,1-3H3/t42-,43+,44-. The average molecular weight is 756 g/mol. The van der Waals surface area contributed by atoms with Gasteiger partial charge >= 0.3 is 6.16 Å². The van der Waals surface area contributed by atoms with Crippen molar-refractivity contribution >= 4 is 28.0 Å². The van der Waals surface area contributed by atoms with Gasteiger partial charge in [-0.05, 0) is 79.4 Å². The van der Waals surface area contributed by atoms with Gasteiger partial charge in [-0.1, -0.05) is 78.9 Å². The van der Waals surface area contributed by atoms with Crippen LogP contribution in [0.2, 0.25) is 0 Å². The summed E-state index contributed by atoms with van der Waals surface area (Å²) >= 11 is 0. The highest BCUT2D eigenvalue weighted by molar-refractivity contribution is 5.79. The molecule has 7 rings (SSSR count). The molecule has 10 nitrogen and oxygen atoms in total. The molecule has 0 aliphatic carbocycles. The van der Waals surface area contributed by atoms with E-state index >= 15 is 0 Å². The molecule has 4 aromatic carbocycles. The van der Waals surface area contributed by atoms with Crippen molar-refractivity contribution in [3.05, 3.63) is 150 Å². The van der Waals surface area contributed by atoms with E-state index in [4.69, 9.17) is 28.5 Å². The molecule has 0 amide bonds. The van der Waals surface area contributed by atoms with Crippen molar-refractivity contribution in [2.75, 3.05) is 26.3 Å². The van der Waals surface area contributed by atoms with E-state index in [0.29, 0.717) is 46.1 Å². The highest BCUT2D eigenvalue weighted by atomic mass is 16.8. The summed E-state index contributed by atoms with van der Waals surface area (Å²) in [5.41, 5.74) is 5.22. The monoisotopic (exact) mass is 755 g/mol. The second-order valence-electron chi connectivity index (χ2n) is 15.0. The number of rotatable bonds is 15. The number of hydrogen-bond donors (Lipinski definition) is 0. The van der Waals surface area contributed by atoms with E-state index in [0.717, 1.165) is 56.2 Å². The summed E-state index contributed by atoms with van der Waals surface area (Å²) < 4.78 is 31.0. The van der Waals surface area contributed by atoms with Crippen LogP contribution in [0.15, 0.2) is 128 Å². The van der Waals surface area contributed by atoms with Gasteiger partial charge in [0.25, 0.3) is 0 Å². The molecule has 1 saturated heterocycles. The first-order chi connectivity index (χ1) is 27.3. The summed E-state index contributed by atoms with van der Waals surface area (Å²) in [6.45, 7) is 8.40. The van der Waals surface area contributed by atoms with Gasteiger partial charge in [0.2, 0.25) is 0 Å². The van der Waals surface area contributed by atoms with Crippen molar-refractivity contribution in [1.82, 2.24) is 15.0 Å². The number of carbonyl (C=O) groups is 1. The fourth-order valence-electron chi connectivity index (χ4n) is 6.84. The van der Waals surface area contributed by atoms with E-state index in [9.17, 15) is 4.79 Å². The lowest BCUT2D eigenvalue weighted by atomic mass is 9.85. The Kier molecular flexibility index (Phi) is 12.8. The van der Waals surface area contributed by atoms with Gasteiger partial charge in [0.05, 0.1) is 69.4 Å². The van der Waals surface area contributed by atoms with E-state index in [1.54, 1.807) is 17.5 Å². The fraction of sp³-hybridized carbons (Fsp3) is 0.326. The van der Waals surface area contributed by atoms with E-state index in [-0.39, 0.29) is 5.92 Å². The zero-order valence-electron chi connectivity index (χ0n) is 32.2. The number of ether oxygens (including phenoxy) is 5. The van der Waals surface area contributed by atoms with Crippen LogP contribution < -0.4 is 4.74 Å². The Morgan fingerprint density at radius 3 is 1.88 bits per heavy atom. The highest BCUT2D eigenvalue weighted by Crippen LogP contribution is 2.35. The SMILES string of the molecule is CC(C)(C)OC(=O)ON1C[C@H](OCc2ccc3cccnc3c2)[C@H](c2ccc(OCCCOCc3ccccc3)cc2)[C@H](OCc2ccc3cccnc3c2)C1. The molecule has 1 aliphatic heterocycles. The smallest absolute Gasteiger partial charge is 0.494 e. The van der Waals surface area contributed by atoms with E-state index in [2.05, 4.69) is 58.5 Å². The predicted octanol–water partition coefficient (Wildman–Crippen LogP) is 9.21. The molecule has 6 aromatic rings. The number of hydrogen-bond acceptors (Lipinski definition) is 10. The maximum Gasteiger partial charge on any atom is 0.528 e. The molecule has 0 N–H and O–H groups in total. The minimum atomic E-state index is -0.776. The summed E-state index contributed by atoms with van der Waals surface area (Å²) in [6, 6.07) is 38.5. The van der Waals surface area contributed by atoms with Gasteiger partial charge in [-0.3, -0.25) is 9.97 Å². The summed E-state index contributed by atoms with van der Waals surface area (Å²) in [5.74, 6) is 0.552. The summed E-state index contributed by atoms with van der Waals surface area (Å²) in [5, 5.41) is 3.72. The summed E-state index contributed by atoms with van der Waals surface area (Å²) in [6.07, 6.45) is 2.71. The van der Waals surface area contributed by atoms with Crippen molar-refractivity contribution in [3.63, 3.8) is 0 Å². The second kappa shape index (κ2) is 18.5. The number of piperidine rings is 1. The van der Waals surface area contributed by atoms with Crippen molar-refractivity contribution in [2.45, 2.75) is 70.7 Å². The molecule has 10 heteroatoms. The third kappa shape index (κ3) is 10.9. The van der Waals surface area contributed by atoms with E-state index in [1.165, 1.54) is 0 Å². The van der Waals surface area contributed by atoms with Crippen molar-refractivity contribution in [2.24, 2.45) is 0 Å². The molecular formula is C46H49N3O7. The third-order valence-corrected chi connectivity index (χ3v) is 9.51. The van der Waals surface area contributed by atoms with Crippen LogP contribution in [0.1, 0.15) is 55.4 Å². The van der Waals surface area contributed by atoms with Crippen LogP contribution in [-0.4, -0.2) is 65.3 Å². The third-order valence-electron chi connectivity index (χ3n) is 9.51. The fourth-order valence-corrected chi connectivity index (χ4v) is 6.84. The number of fused-ring (bicyclic) bond motifs is 2. The van der Waals surface area contributed by atoms with Crippen LogP contribution >= 0.6 is 0 Å². The van der Waals surface area contributed by atoms with Gasteiger partial charge < -0.3 is 28.5 Å². The molecule has 0 spiro atoms. The van der Waals surface area contributed by atoms with E-state index < -0.39 is 24.0 Å². The number of carbonyl (C=O) groups excluding carboxylic acids is 1. The molecule has 1 aliphatic rings. The first kappa shape index (κ1) is 38.9. The highest BCUT2D eigenvalue weighted by Gasteiger charge is 2.41. The Balaban J connectivity index is 1.09. The lowest BCUT2D eigenvalue weighted by Gasteiger charge is -2.42. The summed E-state index contributed by atoms with van der Waals surface area (Å²) in [4.78, 5) is 27.8. The van der Waals surface area contributed by atoms with Gasteiger partial charge in [-0.25, -0.2) is 4.79 Å². The van der Waals surface area contributed by atoms with Crippen molar-refractivity contribution < 1.29 is 33.3 Å². The first-order valence-corrected chi connectivity index (χ1v) is 19.2. The molecular weight excluding hydrogens is 707 g/mol. The van der Waals surface area contributed by atoms with Crippen LogP contribution in [0, 0.1) is 0 Å². The molecule has 0 bridgehead atoms. The molecule has 3 atom stereocenters. The maximum atomic E-state index is 12.9. The number of benzene rings is 4. The van der Waals surface area contributed by atoms with Crippen LogP contribution in [0.3, 0.4) is 0 Å². The van der Waals surface area contributed by atoms with Gasteiger partial charge in [-0.2, -0.15) is 0 Å². The van der Waals surface area contributed by atoms with Gasteiger partial charge in [0.1, 0.15) is 11.4 Å². The molecule has 56 heavy (non-hydrogen) atoms. The Hall–Kier alpha value is -5.39. The largest absolute Gasteiger partial charge is 0.528 e. The molecule has 1 fully saturated rings. The Morgan fingerprint density at radius 2 is 1.29 bits per heavy atom. The van der Waals surface area contributed by atoms with Gasteiger partial charge in [-0.15, -0.1) is 5.06 Å². The minimum Gasteiger partial charge on any atom is -0.494 e. The first-order valence-electron chi connectivity index (χ1n) is 19.2. The zero-order valence-corrected chi connectivity index (χ0v) is 32.2. The Labute approximate surface area is 328 Å². The van der Waals surface area contributed by atoms with Crippen LogP contribution in [0.25, 0.3) is 21.8 Å². The lowest BCUT2D eigenvalue weighted by molar-refractivity contribution is -0.209. The van der Waals surface area contributed by atoms with Crippen LogP contribution in [-0.2, 0) is 43.6 Å². The lowest BCUT2D eigenvalue weighted by Crippen LogP contribution is -2.53. The predicted molar refractivity (Wildman–Crippen MR) is 215 cm³/mol. The number of hydroxylamine groups is 2. The second-order valence-corrected chi connectivity index (χ2v) is 15.0. The van der Waals surface area contributed by atoms with Crippen molar-refractivity contribution in [1.29, 1.82) is 0 Å². The van der Waals surface area contributed by atoms with E-state index in [1.807, 2.05) is 87.5 Å². The topological polar surface area (TPSA) is 101 Å². The number of nitrogens with zero attached hydrogens (tertiary/aromatic N) is 3. The molecule has 2 aromatic heterocycles. The molecule has 0 saturated carbocycles. The minimum absolute atomic E-state index is 0.217. The normalized spacial score (nSPS) is 17.5. The average Bonchev–Trinajstić information content (AvgIpc) is 3.20.